The van der Waals surface area contributed by atoms with Crippen molar-refractivity contribution in [2.24, 2.45) is 0 Å². The number of aromatic nitrogens is 2. The molecule has 2 aromatic rings. The molecule has 0 aliphatic carbocycles. The molecule has 0 bridgehead atoms. The van der Waals surface area contributed by atoms with Gasteiger partial charge in [-0.05, 0) is 18.6 Å². The van der Waals surface area contributed by atoms with Gasteiger partial charge in [-0.1, -0.05) is 23.4 Å². The summed E-state index contributed by atoms with van der Waals surface area (Å²) in [5.41, 5.74) is 1.86. The van der Waals surface area contributed by atoms with Crippen LogP contribution in [0.3, 0.4) is 0 Å². The first-order chi connectivity index (χ1) is 9.69. The number of benzene rings is 1. The van der Waals surface area contributed by atoms with E-state index in [0.717, 1.165) is 11.1 Å². The number of nitrogens with zero attached hydrogens (tertiary/aromatic N) is 2. The zero-order valence-electron chi connectivity index (χ0n) is 11.2. The first kappa shape index (κ1) is 14.2. The molecule has 0 unspecified atom stereocenters. The van der Waals surface area contributed by atoms with Gasteiger partial charge in [0.25, 0.3) is 0 Å². The predicted octanol–water partition coefficient (Wildman–Crippen LogP) is 2.29. The Morgan fingerprint density at radius 3 is 3.05 bits per heavy atom. The molecule has 20 heavy (non-hydrogen) atoms. The topological polar surface area (TPSA) is 85.5 Å². The van der Waals surface area contributed by atoms with Crippen LogP contribution in [0.15, 0.2) is 28.8 Å². The Balaban J connectivity index is 2.09. The molecule has 1 aromatic heterocycles. The highest BCUT2D eigenvalue weighted by Crippen LogP contribution is 2.18. The summed E-state index contributed by atoms with van der Waals surface area (Å²) in [6, 6.07) is 7.67. The van der Waals surface area contributed by atoms with Gasteiger partial charge in [-0.3, -0.25) is 4.79 Å². The second-order valence-corrected chi connectivity index (χ2v) is 4.24. The van der Waals surface area contributed by atoms with Crippen molar-refractivity contribution in [1.29, 1.82) is 0 Å². The average molecular weight is 276 g/mol. The molecule has 0 spiro atoms. The Kier molecular flexibility index (Phi) is 4.84. The molecular weight excluding hydrogens is 260 g/mol. The van der Waals surface area contributed by atoms with E-state index in [0.29, 0.717) is 24.9 Å². The van der Waals surface area contributed by atoms with Crippen LogP contribution in [0, 0.1) is 0 Å². The summed E-state index contributed by atoms with van der Waals surface area (Å²) in [6.45, 7) is 3.14. The number of carboxylic acids is 1. The Morgan fingerprint density at radius 2 is 2.30 bits per heavy atom. The van der Waals surface area contributed by atoms with Crippen molar-refractivity contribution < 1.29 is 19.2 Å². The molecule has 1 aromatic carbocycles. The number of hydrogen-bond acceptors (Lipinski definition) is 5. The van der Waals surface area contributed by atoms with Gasteiger partial charge < -0.3 is 14.4 Å². The van der Waals surface area contributed by atoms with Crippen LogP contribution >= 0.6 is 0 Å². The SMILES string of the molecule is CCOCc1cccc(-c2noc(CCC(=O)O)n2)c1. The Bertz CT molecular complexity index is 580. The number of rotatable bonds is 7. The molecule has 0 aliphatic rings. The highest BCUT2D eigenvalue weighted by molar-refractivity contribution is 5.66. The van der Waals surface area contributed by atoms with E-state index in [4.69, 9.17) is 14.4 Å². The van der Waals surface area contributed by atoms with Crippen molar-refractivity contribution in [3.05, 3.63) is 35.7 Å². The van der Waals surface area contributed by atoms with E-state index < -0.39 is 5.97 Å². The zero-order valence-corrected chi connectivity index (χ0v) is 11.2. The van der Waals surface area contributed by atoms with Crippen LogP contribution in [0.1, 0.15) is 24.8 Å². The van der Waals surface area contributed by atoms with Crippen LogP contribution in [-0.2, 0) is 22.6 Å². The summed E-state index contributed by atoms with van der Waals surface area (Å²) in [7, 11) is 0. The summed E-state index contributed by atoms with van der Waals surface area (Å²) >= 11 is 0. The van der Waals surface area contributed by atoms with Gasteiger partial charge in [0.1, 0.15) is 0 Å². The van der Waals surface area contributed by atoms with Crippen molar-refractivity contribution in [1.82, 2.24) is 10.1 Å². The largest absolute Gasteiger partial charge is 0.481 e. The predicted molar refractivity (Wildman–Crippen MR) is 71.0 cm³/mol. The number of aliphatic carboxylic acids is 1. The molecule has 0 amide bonds. The summed E-state index contributed by atoms with van der Waals surface area (Å²) in [5.74, 6) is -0.0928. The monoisotopic (exact) mass is 276 g/mol. The van der Waals surface area contributed by atoms with Crippen molar-refractivity contribution in [3.8, 4) is 11.4 Å². The van der Waals surface area contributed by atoms with E-state index in [-0.39, 0.29) is 12.8 Å². The summed E-state index contributed by atoms with van der Waals surface area (Å²) < 4.78 is 10.4. The van der Waals surface area contributed by atoms with E-state index >= 15 is 0 Å². The minimum Gasteiger partial charge on any atom is -0.481 e. The molecule has 0 atom stereocenters. The third-order valence-corrected chi connectivity index (χ3v) is 2.68. The van der Waals surface area contributed by atoms with Crippen molar-refractivity contribution in [2.45, 2.75) is 26.4 Å². The van der Waals surface area contributed by atoms with Crippen molar-refractivity contribution >= 4 is 5.97 Å². The van der Waals surface area contributed by atoms with Gasteiger partial charge >= 0.3 is 5.97 Å². The third-order valence-electron chi connectivity index (χ3n) is 2.68. The lowest BCUT2D eigenvalue weighted by Crippen LogP contribution is -1.97. The fourth-order valence-electron chi connectivity index (χ4n) is 1.71. The number of ether oxygens (including phenoxy) is 1. The molecule has 2 rings (SSSR count). The van der Waals surface area contributed by atoms with Crippen LogP contribution < -0.4 is 0 Å². The quantitative estimate of drug-likeness (QED) is 0.835. The minimum absolute atomic E-state index is 0.0218. The molecule has 106 valence electrons. The number of aryl methyl sites for hydroxylation is 1. The van der Waals surface area contributed by atoms with E-state index in [1.165, 1.54) is 0 Å². The lowest BCUT2D eigenvalue weighted by molar-refractivity contribution is -0.137. The molecule has 6 nitrogen and oxygen atoms in total. The van der Waals surface area contributed by atoms with E-state index in [1.54, 1.807) is 0 Å². The van der Waals surface area contributed by atoms with Crippen molar-refractivity contribution in [3.63, 3.8) is 0 Å². The number of carbonyl (C=O) groups is 1. The van der Waals surface area contributed by atoms with Gasteiger partial charge in [0.15, 0.2) is 0 Å². The maximum absolute atomic E-state index is 10.5. The summed E-state index contributed by atoms with van der Waals surface area (Å²) in [4.78, 5) is 14.7. The normalized spacial score (nSPS) is 10.7. The van der Waals surface area contributed by atoms with Gasteiger partial charge in [0.05, 0.1) is 13.0 Å². The molecule has 0 aliphatic heterocycles. The molecular formula is C14H16N2O4. The maximum Gasteiger partial charge on any atom is 0.303 e. The van der Waals surface area contributed by atoms with E-state index in [2.05, 4.69) is 10.1 Å². The van der Waals surface area contributed by atoms with Crippen molar-refractivity contribution in [2.75, 3.05) is 6.61 Å². The van der Waals surface area contributed by atoms with Gasteiger partial charge in [0, 0.05) is 18.6 Å². The average Bonchev–Trinajstić information content (AvgIpc) is 2.92. The molecule has 0 saturated heterocycles. The van der Waals surface area contributed by atoms with Crippen LogP contribution in [-0.4, -0.2) is 27.8 Å². The fraction of sp³-hybridized carbons (Fsp3) is 0.357. The second kappa shape index (κ2) is 6.81. The van der Waals surface area contributed by atoms with Gasteiger partial charge in [-0.2, -0.15) is 4.98 Å². The lowest BCUT2D eigenvalue weighted by Gasteiger charge is -2.02. The number of hydrogen-bond donors (Lipinski definition) is 1. The number of carboxylic acid groups (broad SMARTS) is 1. The smallest absolute Gasteiger partial charge is 0.303 e. The Labute approximate surface area is 116 Å². The van der Waals surface area contributed by atoms with E-state index in [1.807, 2.05) is 31.2 Å². The standard InChI is InChI=1S/C14H16N2O4/c1-2-19-9-10-4-3-5-11(8-10)14-15-12(20-16-14)6-7-13(17)18/h3-5,8H,2,6-7,9H2,1H3,(H,17,18). The van der Waals surface area contributed by atoms with Gasteiger partial charge in [-0.15, -0.1) is 0 Å². The Morgan fingerprint density at radius 1 is 1.45 bits per heavy atom. The highest BCUT2D eigenvalue weighted by atomic mass is 16.5. The minimum atomic E-state index is -0.886. The molecule has 6 heteroatoms. The third kappa shape index (κ3) is 3.89. The van der Waals surface area contributed by atoms with Gasteiger partial charge in [0.2, 0.25) is 11.7 Å². The molecule has 1 heterocycles. The van der Waals surface area contributed by atoms with Crippen LogP contribution in [0.5, 0.6) is 0 Å². The molecule has 0 saturated carbocycles. The Hall–Kier alpha value is -2.21. The van der Waals surface area contributed by atoms with Crippen LogP contribution in [0.2, 0.25) is 0 Å². The molecule has 0 radical (unpaired) electrons. The summed E-state index contributed by atoms with van der Waals surface area (Å²) in [6.07, 6.45) is 0.215. The highest BCUT2D eigenvalue weighted by Gasteiger charge is 2.10. The molecule has 1 N–H and O–H groups in total. The zero-order chi connectivity index (χ0) is 14.4. The lowest BCUT2D eigenvalue weighted by atomic mass is 10.1. The summed E-state index contributed by atoms with van der Waals surface area (Å²) in [5, 5.41) is 12.5. The van der Waals surface area contributed by atoms with E-state index in [9.17, 15) is 4.79 Å². The van der Waals surface area contributed by atoms with Crippen LogP contribution in [0.4, 0.5) is 0 Å². The fourth-order valence-corrected chi connectivity index (χ4v) is 1.71. The first-order valence-electron chi connectivity index (χ1n) is 6.40. The second-order valence-electron chi connectivity index (χ2n) is 4.24. The van der Waals surface area contributed by atoms with Gasteiger partial charge in [-0.25, -0.2) is 0 Å². The van der Waals surface area contributed by atoms with Crippen LogP contribution in [0.25, 0.3) is 11.4 Å². The maximum atomic E-state index is 10.5. The molecule has 0 fully saturated rings. The first-order valence-corrected chi connectivity index (χ1v) is 6.40.